The molecule has 0 saturated heterocycles. The van der Waals surface area contributed by atoms with Gasteiger partial charge in [0.1, 0.15) is 13.2 Å². The van der Waals surface area contributed by atoms with Gasteiger partial charge in [-0.15, -0.1) is 0 Å². The van der Waals surface area contributed by atoms with E-state index in [9.17, 15) is 19.4 Å². The lowest BCUT2D eigenvalue weighted by Crippen LogP contribution is -2.45. The Morgan fingerprint density at radius 3 is 1.69 bits per heavy atom. The highest BCUT2D eigenvalue weighted by Gasteiger charge is 2.23. The molecule has 0 heterocycles. The van der Waals surface area contributed by atoms with Crippen LogP contribution in [-0.2, 0) is 18.4 Å². The molecular weight excluding hydrogens is 623 g/mol. The molecule has 3 atom stereocenters. The van der Waals surface area contributed by atoms with Crippen molar-refractivity contribution in [2.75, 3.05) is 40.9 Å². The number of amides is 1. The number of carbonyl (C=O) groups is 1. The molecule has 8 nitrogen and oxygen atoms in total. The number of phosphoric acid groups is 1. The number of hydrogen-bond acceptors (Lipinski definition) is 6. The van der Waals surface area contributed by atoms with E-state index in [4.69, 9.17) is 9.05 Å². The second-order valence-corrected chi connectivity index (χ2v) is 16.0. The number of rotatable bonds is 35. The van der Waals surface area contributed by atoms with Crippen LogP contribution in [0.2, 0.25) is 0 Å². The van der Waals surface area contributed by atoms with Gasteiger partial charge in [0.05, 0.1) is 39.9 Å². The minimum atomic E-state index is -4.58. The molecule has 0 aliphatic rings. The summed E-state index contributed by atoms with van der Waals surface area (Å²) in [5, 5.41) is 13.7. The SMILES string of the molecule is CCCCCCCCCCCCC/C=C/CC/C=C/[C@H](O)[C@@H](COP(=O)([O-])OCC[N+](C)(C)C)NC(=O)CCCCCCCCCCC. The van der Waals surface area contributed by atoms with Gasteiger partial charge in [0, 0.05) is 6.42 Å². The van der Waals surface area contributed by atoms with Gasteiger partial charge in [0.25, 0.3) is 7.82 Å². The predicted molar refractivity (Wildman–Crippen MR) is 201 cm³/mol. The van der Waals surface area contributed by atoms with Gasteiger partial charge in [-0.25, -0.2) is 0 Å². The van der Waals surface area contributed by atoms with Crippen molar-refractivity contribution in [3.05, 3.63) is 24.3 Å². The number of quaternary nitrogens is 1. The first-order valence-electron chi connectivity index (χ1n) is 19.7. The number of aliphatic hydroxyl groups excluding tert-OH is 1. The Morgan fingerprint density at radius 2 is 1.17 bits per heavy atom. The van der Waals surface area contributed by atoms with E-state index < -0.39 is 20.0 Å². The summed E-state index contributed by atoms with van der Waals surface area (Å²) in [5.74, 6) is -0.212. The fourth-order valence-corrected chi connectivity index (χ4v) is 6.18. The standard InChI is InChI=1S/C39H77N2O6P/c1-6-8-10-12-14-16-17-18-19-20-21-22-23-25-26-28-30-32-38(42)37(36-47-48(44,45)46-35-34-41(3,4)5)40-39(43)33-31-29-27-24-15-13-11-9-7-2/h23,25,30,32,37-38,42H,6-22,24,26-29,31,33-36H2,1-5H3,(H-,40,43,44,45)/b25-23+,32-30+/t37-,38+/m1/s1. The Bertz CT molecular complexity index is 845. The number of aliphatic hydroxyl groups is 1. The quantitative estimate of drug-likeness (QED) is 0.0295. The van der Waals surface area contributed by atoms with Crippen molar-refractivity contribution in [3.63, 3.8) is 0 Å². The van der Waals surface area contributed by atoms with Crippen LogP contribution in [0.5, 0.6) is 0 Å². The van der Waals surface area contributed by atoms with E-state index in [1.54, 1.807) is 6.08 Å². The van der Waals surface area contributed by atoms with E-state index >= 15 is 0 Å². The van der Waals surface area contributed by atoms with E-state index in [1.165, 1.54) is 109 Å². The van der Waals surface area contributed by atoms with Crippen LogP contribution in [0.4, 0.5) is 0 Å². The molecule has 0 bridgehead atoms. The van der Waals surface area contributed by atoms with Crippen LogP contribution in [0.15, 0.2) is 24.3 Å². The first-order valence-corrected chi connectivity index (χ1v) is 21.2. The number of carbonyl (C=O) groups excluding carboxylic acids is 1. The van der Waals surface area contributed by atoms with Crippen LogP contribution < -0.4 is 10.2 Å². The average Bonchev–Trinajstić information content (AvgIpc) is 3.02. The maximum Gasteiger partial charge on any atom is 0.268 e. The fourth-order valence-electron chi connectivity index (χ4n) is 5.46. The molecule has 0 aromatic rings. The lowest BCUT2D eigenvalue weighted by molar-refractivity contribution is -0.870. The van der Waals surface area contributed by atoms with Gasteiger partial charge in [-0.2, -0.15) is 0 Å². The maximum absolute atomic E-state index is 12.7. The van der Waals surface area contributed by atoms with Crippen LogP contribution in [0.25, 0.3) is 0 Å². The number of nitrogens with zero attached hydrogens (tertiary/aromatic N) is 1. The molecule has 1 amide bonds. The molecule has 48 heavy (non-hydrogen) atoms. The average molecular weight is 701 g/mol. The summed E-state index contributed by atoms with van der Waals surface area (Å²) in [6.07, 6.45) is 35.1. The van der Waals surface area contributed by atoms with Gasteiger partial charge in [-0.1, -0.05) is 154 Å². The number of allylic oxidation sites excluding steroid dienone is 3. The van der Waals surface area contributed by atoms with Crippen LogP contribution in [0.3, 0.4) is 0 Å². The molecule has 1 unspecified atom stereocenters. The minimum absolute atomic E-state index is 0.00483. The van der Waals surface area contributed by atoms with E-state index in [2.05, 4.69) is 31.3 Å². The molecule has 0 saturated carbocycles. The van der Waals surface area contributed by atoms with E-state index in [0.717, 1.165) is 38.5 Å². The molecule has 0 radical (unpaired) electrons. The molecule has 0 spiro atoms. The van der Waals surface area contributed by atoms with Gasteiger partial charge in [-0.3, -0.25) is 9.36 Å². The minimum Gasteiger partial charge on any atom is -0.756 e. The van der Waals surface area contributed by atoms with Crippen molar-refractivity contribution in [1.82, 2.24) is 5.32 Å². The summed E-state index contributed by atoms with van der Waals surface area (Å²) in [6.45, 7) is 4.58. The predicted octanol–water partition coefficient (Wildman–Crippen LogP) is 9.55. The zero-order valence-electron chi connectivity index (χ0n) is 31.9. The highest BCUT2D eigenvalue weighted by atomic mass is 31.2. The Labute approximate surface area is 296 Å². The topological polar surface area (TPSA) is 108 Å². The van der Waals surface area contributed by atoms with Crippen molar-refractivity contribution in [1.29, 1.82) is 0 Å². The third-order valence-corrected chi connectivity index (χ3v) is 9.63. The lowest BCUT2D eigenvalue weighted by atomic mass is 10.1. The Morgan fingerprint density at radius 1 is 0.708 bits per heavy atom. The maximum atomic E-state index is 12.7. The molecule has 0 aromatic heterocycles. The number of hydrogen-bond donors (Lipinski definition) is 2. The fraction of sp³-hybridized carbons (Fsp3) is 0.872. The van der Waals surface area contributed by atoms with Crippen molar-refractivity contribution in [2.45, 2.75) is 180 Å². The second-order valence-electron chi connectivity index (χ2n) is 14.6. The van der Waals surface area contributed by atoms with Gasteiger partial charge in [-0.05, 0) is 32.1 Å². The summed E-state index contributed by atoms with van der Waals surface area (Å²) in [5.41, 5.74) is 0. The van der Waals surface area contributed by atoms with Crippen LogP contribution in [0, 0.1) is 0 Å². The zero-order valence-corrected chi connectivity index (χ0v) is 32.8. The summed E-state index contributed by atoms with van der Waals surface area (Å²) in [6, 6.07) is -0.895. The smallest absolute Gasteiger partial charge is 0.268 e. The lowest BCUT2D eigenvalue weighted by Gasteiger charge is -2.29. The third-order valence-electron chi connectivity index (χ3n) is 8.66. The van der Waals surface area contributed by atoms with Crippen molar-refractivity contribution in [3.8, 4) is 0 Å². The molecule has 9 heteroatoms. The molecule has 0 fully saturated rings. The van der Waals surface area contributed by atoms with Crippen LogP contribution >= 0.6 is 7.82 Å². The molecule has 284 valence electrons. The summed E-state index contributed by atoms with van der Waals surface area (Å²) in [4.78, 5) is 25.1. The van der Waals surface area contributed by atoms with E-state index in [-0.39, 0.29) is 19.1 Å². The van der Waals surface area contributed by atoms with Crippen molar-refractivity contribution in [2.24, 2.45) is 0 Å². The summed E-state index contributed by atoms with van der Waals surface area (Å²) < 4.78 is 23.0. The highest BCUT2D eigenvalue weighted by Crippen LogP contribution is 2.38. The van der Waals surface area contributed by atoms with E-state index in [1.807, 2.05) is 27.2 Å². The molecular formula is C39H77N2O6P. The number of nitrogens with one attached hydrogen (secondary N) is 1. The normalized spacial score (nSPS) is 14.9. The molecule has 0 aliphatic carbocycles. The van der Waals surface area contributed by atoms with Crippen LogP contribution in [0.1, 0.15) is 168 Å². The van der Waals surface area contributed by atoms with Crippen LogP contribution in [-0.4, -0.2) is 68.5 Å². The zero-order chi connectivity index (χ0) is 35.8. The monoisotopic (exact) mass is 701 g/mol. The highest BCUT2D eigenvalue weighted by molar-refractivity contribution is 7.45. The number of unbranched alkanes of at least 4 members (excludes halogenated alkanes) is 20. The third kappa shape index (κ3) is 33.5. The Kier molecular flexibility index (Phi) is 31.2. The molecule has 0 aromatic carbocycles. The molecule has 2 N–H and O–H groups in total. The van der Waals surface area contributed by atoms with Crippen molar-refractivity contribution < 1.29 is 32.9 Å². The summed E-state index contributed by atoms with van der Waals surface area (Å²) in [7, 11) is 1.24. The first kappa shape index (κ1) is 47.0. The largest absolute Gasteiger partial charge is 0.756 e. The summed E-state index contributed by atoms with van der Waals surface area (Å²) >= 11 is 0. The van der Waals surface area contributed by atoms with Gasteiger partial charge in [0.2, 0.25) is 5.91 Å². The molecule has 0 aliphatic heterocycles. The second kappa shape index (κ2) is 31.9. The van der Waals surface area contributed by atoms with Gasteiger partial charge >= 0.3 is 0 Å². The van der Waals surface area contributed by atoms with Gasteiger partial charge < -0.3 is 28.8 Å². The molecule has 0 rings (SSSR count). The Balaban J connectivity index is 4.52. The number of likely N-dealkylation sites (N-methyl/N-ethyl adjacent to an activating group) is 1. The van der Waals surface area contributed by atoms with Crippen molar-refractivity contribution >= 4 is 13.7 Å². The van der Waals surface area contributed by atoms with Gasteiger partial charge in [0.15, 0.2) is 0 Å². The Hall–Kier alpha value is -1.02. The first-order chi connectivity index (χ1) is 23.0. The van der Waals surface area contributed by atoms with E-state index in [0.29, 0.717) is 17.4 Å². The number of phosphoric ester groups is 1.